The lowest BCUT2D eigenvalue weighted by Gasteiger charge is -2.34. The lowest BCUT2D eigenvalue weighted by molar-refractivity contribution is 0.925. The fourth-order valence-corrected chi connectivity index (χ4v) is 8.99. The van der Waals surface area contributed by atoms with Gasteiger partial charge in [0.2, 0.25) is 0 Å². The first kappa shape index (κ1) is 22.6. The van der Waals surface area contributed by atoms with Crippen LogP contribution >= 0.6 is 23.2 Å². The maximum atomic E-state index is 7.74. The smallest absolute Gasteiger partial charge is 0.114 e. The van der Waals surface area contributed by atoms with Crippen LogP contribution in [0, 0.1) is 0 Å². The number of hydrogen-bond acceptors (Lipinski definition) is 0. The first-order chi connectivity index (χ1) is 16.9. The Hall–Kier alpha value is -2.84. The fourth-order valence-electron chi connectivity index (χ4n) is 5.67. The Labute approximate surface area is 219 Å². The summed E-state index contributed by atoms with van der Waals surface area (Å²) in [6, 6.07) is 38.2. The molecule has 4 aromatic carbocycles. The molecule has 0 amide bonds. The van der Waals surface area contributed by atoms with Gasteiger partial charge in [-0.05, 0) is 69.5 Å². The van der Waals surface area contributed by atoms with Gasteiger partial charge < -0.3 is 0 Å². The third-order valence-corrected chi connectivity index (χ3v) is 10.9. The minimum Gasteiger partial charge on any atom is -0.114 e. The molecule has 0 bridgehead atoms. The maximum absolute atomic E-state index is 7.74. The van der Waals surface area contributed by atoms with E-state index in [4.69, 9.17) is 23.2 Å². The molecule has 0 aliphatic heterocycles. The average Bonchev–Trinajstić information content (AvgIpc) is 3.25. The lowest BCUT2D eigenvalue weighted by atomic mass is 9.98. The Morgan fingerprint density at radius 1 is 0.486 bits per heavy atom. The van der Waals surface area contributed by atoms with Crippen molar-refractivity contribution >= 4 is 43.9 Å². The van der Waals surface area contributed by atoms with Crippen LogP contribution in [0.1, 0.15) is 47.2 Å². The quantitative estimate of drug-likeness (QED) is 0.192. The molecule has 0 fully saturated rings. The summed E-state index contributed by atoms with van der Waals surface area (Å²) in [5.41, 5.74) is 11.9. The van der Waals surface area contributed by atoms with Gasteiger partial charge in [0.25, 0.3) is 0 Å². The predicted molar refractivity (Wildman–Crippen MR) is 150 cm³/mol. The predicted octanol–water partition coefficient (Wildman–Crippen LogP) is 8.55. The van der Waals surface area contributed by atoms with Gasteiger partial charge in [-0.15, -0.1) is 23.2 Å². The van der Waals surface area contributed by atoms with E-state index < -0.39 is 8.99 Å². The number of fused-ring (bicyclic) bond motifs is 2. The Balaban J connectivity index is 1.55. The number of rotatable bonds is 4. The van der Waals surface area contributed by atoms with Crippen molar-refractivity contribution in [2.24, 2.45) is 0 Å². The lowest BCUT2D eigenvalue weighted by Crippen LogP contribution is -2.40. The van der Waals surface area contributed by atoms with Crippen molar-refractivity contribution in [2.75, 3.05) is 0 Å². The molecular formula is C32H24Cl2Si. The van der Waals surface area contributed by atoms with E-state index in [1.54, 1.807) is 0 Å². The first-order valence-corrected chi connectivity index (χ1v) is 13.6. The fraction of sp³-hybridized carbons (Fsp3) is 0.125. The zero-order valence-corrected chi connectivity index (χ0v) is 22.2. The molecule has 0 spiro atoms. The Bertz CT molecular complexity index is 1390. The van der Waals surface area contributed by atoms with Gasteiger partial charge in [-0.2, -0.15) is 0 Å². The highest BCUT2D eigenvalue weighted by Gasteiger charge is 2.52. The third-order valence-electron chi connectivity index (χ3n) is 7.39. The van der Waals surface area contributed by atoms with E-state index in [1.165, 1.54) is 44.5 Å². The molecular weight excluding hydrogens is 483 g/mol. The topological polar surface area (TPSA) is 0 Å². The van der Waals surface area contributed by atoms with Crippen LogP contribution in [0.2, 0.25) is 0 Å². The van der Waals surface area contributed by atoms with E-state index >= 15 is 0 Å². The van der Waals surface area contributed by atoms with Crippen molar-refractivity contribution < 1.29 is 0 Å². The van der Waals surface area contributed by atoms with Crippen molar-refractivity contribution in [3.8, 4) is 0 Å². The van der Waals surface area contributed by atoms with Gasteiger partial charge in [-0.3, -0.25) is 0 Å². The molecule has 0 aromatic heterocycles. The van der Waals surface area contributed by atoms with E-state index in [1.807, 2.05) is 0 Å². The molecule has 3 heteroatoms. The molecule has 0 saturated heterocycles. The third kappa shape index (κ3) is 3.33. The maximum Gasteiger partial charge on any atom is 0.118 e. The minimum absolute atomic E-state index is 0.217. The van der Waals surface area contributed by atoms with Crippen LogP contribution in [0.5, 0.6) is 0 Å². The summed E-state index contributed by atoms with van der Waals surface area (Å²) in [4.78, 5) is 0. The number of benzene rings is 4. The van der Waals surface area contributed by atoms with E-state index in [-0.39, 0.29) is 9.52 Å². The van der Waals surface area contributed by atoms with E-state index in [9.17, 15) is 0 Å². The standard InChI is InChI=1S/C32H24Cl2Si/c1-21-29(23-13-5-3-6-14-23)25-17-9-11-19-27(25)31(21,33)35-32(34)22(2)30(24-15-7-4-8-16-24)26-18-10-12-20-28(26)32/h3-20H,1-2H3. The number of hydrogen-bond donors (Lipinski definition) is 0. The van der Waals surface area contributed by atoms with Gasteiger partial charge in [-0.1, -0.05) is 109 Å². The molecule has 170 valence electrons. The van der Waals surface area contributed by atoms with Gasteiger partial charge in [0.15, 0.2) is 0 Å². The molecule has 35 heavy (non-hydrogen) atoms. The van der Waals surface area contributed by atoms with Gasteiger partial charge in [0.05, 0.1) is 8.99 Å². The van der Waals surface area contributed by atoms with E-state index in [0.29, 0.717) is 0 Å². The highest BCUT2D eigenvalue weighted by Crippen LogP contribution is 2.58. The van der Waals surface area contributed by atoms with Crippen LogP contribution < -0.4 is 0 Å². The SMILES string of the molecule is CC1=C(c2ccccc2)c2ccccc2C1(Cl)[Si]C1(Cl)C(C)=C(c2ccccc2)c2ccccc21. The molecule has 0 heterocycles. The summed E-state index contributed by atoms with van der Waals surface area (Å²) in [6.45, 7) is 4.36. The summed E-state index contributed by atoms with van der Waals surface area (Å²) in [7, 11) is 0.217. The normalized spacial score (nSPS) is 23.0. The second kappa shape index (κ2) is 8.38. The highest BCUT2D eigenvalue weighted by atomic mass is 35.5. The number of halogens is 2. The van der Waals surface area contributed by atoms with Gasteiger partial charge >= 0.3 is 0 Å². The largest absolute Gasteiger partial charge is 0.118 e. The van der Waals surface area contributed by atoms with Crippen molar-refractivity contribution in [3.63, 3.8) is 0 Å². The Morgan fingerprint density at radius 2 is 0.829 bits per heavy atom. The molecule has 6 rings (SSSR count). The van der Waals surface area contributed by atoms with Crippen molar-refractivity contribution in [1.29, 1.82) is 0 Å². The molecule has 2 radical (unpaired) electrons. The Morgan fingerprint density at radius 3 is 1.23 bits per heavy atom. The van der Waals surface area contributed by atoms with Crippen LogP contribution in [-0.2, 0) is 8.99 Å². The molecule has 2 unspecified atom stereocenters. The summed E-state index contributed by atoms with van der Waals surface area (Å²) in [6.07, 6.45) is 0. The number of alkyl halides is 2. The Kier molecular flexibility index (Phi) is 5.41. The molecule has 2 aliphatic carbocycles. The zero-order valence-electron chi connectivity index (χ0n) is 19.6. The molecule has 0 N–H and O–H groups in total. The summed E-state index contributed by atoms with van der Waals surface area (Å²) < 4.78 is -1.38. The molecule has 0 saturated carbocycles. The second-order valence-corrected chi connectivity index (χ2v) is 12.8. The van der Waals surface area contributed by atoms with Crippen LogP contribution in [0.3, 0.4) is 0 Å². The van der Waals surface area contributed by atoms with Crippen LogP contribution in [0.25, 0.3) is 11.1 Å². The van der Waals surface area contributed by atoms with Crippen molar-refractivity contribution in [3.05, 3.63) is 154 Å². The van der Waals surface area contributed by atoms with Gasteiger partial charge in [0.1, 0.15) is 9.52 Å². The van der Waals surface area contributed by atoms with Crippen LogP contribution in [0.4, 0.5) is 0 Å². The minimum atomic E-state index is -0.690. The molecule has 0 nitrogen and oxygen atoms in total. The van der Waals surface area contributed by atoms with Crippen molar-refractivity contribution in [1.82, 2.24) is 0 Å². The second-order valence-electron chi connectivity index (χ2n) is 9.27. The highest BCUT2D eigenvalue weighted by molar-refractivity contribution is 6.70. The van der Waals surface area contributed by atoms with Gasteiger partial charge in [-0.25, -0.2) is 0 Å². The van der Waals surface area contributed by atoms with Gasteiger partial charge in [0, 0.05) is 0 Å². The zero-order chi connectivity index (χ0) is 24.2. The van der Waals surface area contributed by atoms with Crippen LogP contribution in [0.15, 0.2) is 120 Å². The molecule has 2 aliphatic rings. The average molecular weight is 508 g/mol. The molecule has 4 aromatic rings. The molecule has 2 atom stereocenters. The van der Waals surface area contributed by atoms with E-state index in [0.717, 1.165) is 11.1 Å². The summed E-state index contributed by atoms with van der Waals surface area (Å²) in [5.74, 6) is 0. The number of allylic oxidation sites excluding steroid dienone is 2. The van der Waals surface area contributed by atoms with E-state index in [2.05, 4.69) is 123 Å². The first-order valence-electron chi connectivity index (χ1n) is 11.9. The van der Waals surface area contributed by atoms with Crippen LogP contribution in [-0.4, -0.2) is 9.52 Å². The monoisotopic (exact) mass is 506 g/mol. The van der Waals surface area contributed by atoms with Crippen molar-refractivity contribution in [2.45, 2.75) is 22.8 Å². The summed E-state index contributed by atoms with van der Waals surface area (Å²) >= 11 is 15.5. The summed E-state index contributed by atoms with van der Waals surface area (Å²) in [5, 5.41) is 0.